The third-order valence-corrected chi connectivity index (χ3v) is 6.16. The van der Waals surface area contributed by atoms with Gasteiger partial charge >= 0.3 is 0 Å². The maximum Gasteiger partial charge on any atom is 0.293 e. The molecule has 0 unspecified atom stereocenters. The van der Waals surface area contributed by atoms with Crippen LogP contribution >= 0.6 is 23.4 Å². The molecular formula is C23H18ClNO4S. The van der Waals surface area contributed by atoms with E-state index in [9.17, 15) is 9.59 Å². The highest BCUT2D eigenvalue weighted by Crippen LogP contribution is 2.38. The highest BCUT2D eigenvalue weighted by molar-refractivity contribution is 8.18. The first-order chi connectivity index (χ1) is 14.5. The molecule has 0 saturated carbocycles. The minimum atomic E-state index is -0.355. The van der Waals surface area contributed by atoms with Gasteiger partial charge in [-0.1, -0.05) is 41.9 Å². The summed E-state index contributed by atoms with van der Waals surface area (Å²) in [5.74, 6) is 0.942. The van der Waals surface area contributed by atoms with Crippen LogP contribution in [-0.4, -0.2) is 30.3 Å². The van der Waals surface area contributed by atoms with Gasteiger partial charge in [-0.2, -0.15) is 0 Å². The average Bonchev–Trinajstić information content (AvgIpc) is 3.02. The van der Waals surface area contributed by atoms with E-state index in [1.165, 1.54) is 4.90 Å². The molecule has 30 heavy (non-hydrogen) atoms. The second-order valence-electron chi connectivity index (χ2n) is 6.63. The van der Waals surface area contributed by atoms with Gasteiger partial charge in [-0.05, 0) is 58.4 Å². The lowest BCUT2D eigenvalue weighted by molar-refractivity contribution is -0.123. The molecule has 152 valence electrons. The molecule has 5 nitrogen and oxygen atoms in total. The van der Waals surface area contributed by atoms with Gasteiger partial charge < -0.3 is 9.47 Å². The summed E-state index contributed by atoms with van der Waals surface area (Å²) in [5.41, 5.74) is 1.44. The number of carbonyl (C=O) groups excluding carboxylic acids is 2. The number of nitrogens with zero attached hydrogens (tertiary/aromatic N) is 1. The van der Waals surface area contributed by atoms with Crippen molar-refractivity contribution in [2.75, 3.05) is 14.2 Å². The molecule has 0 atom stereocenters. The van der Waals surface area contributed by atoms with Gasteiger partial charge in [-0.25, -0.2) is 0 Å². The van der Waals surface area contributed by atoms with Crippen LogP contribution < -0.4 is 9.47 Å². The topological polar surface area (TPSA) is 55.8 Å². The monoisotopic (exact) mass is 439 g/mol. The number of amides is 2. The molecule has 0 spiro atoms. The van der Waals surface area contributed by atoms with Crippen LogP contribution in [0.15, 0.2) is 59.5 Å². The van der Waals surface area contributed by atoms with E-state index in [2.05, 4.69) is 0 Å². The summed E-state index contributed by atoms with van der Waals surface area (Å²) in [6.45, 7) is 0.127. The highest BCUT2D eigenvalue weighted by Gasteiger charge is 2.35. The van der Waals surface area contributed by atoms with Crippen LogP contribution in [0.25, 0.3) is 16.8 Å². The fourth-order valence-electron chi connectivity index (χ4n) is 3.32. The number of fused-ring (bicyclic) bond motifs is 1. The SMILES string of the molecule is COc1ccc2ccc(OC)c(C=C3SC(=O)N(Cc4ccccc4Cl)C3=O)c2c1. The number of ether oxygens (including phenoxy) is 2. The molecule has 1 aliphatic rings. The molecule has 1 heterocycles. The quantitative estimate of drug-likeness (QED) is 0.474. The summed E-state index contributed by atoms with van der Waals surface area (Å²) in [6.07, 6.45) is 1.71. The van der Waals surface area contributed by atoms with Gasteiger partial charge in [-0.3, -0.25) is 14.5 Å². The predicted molar refractivity (Wildman–Crippen MR) is 120 cm³/mol. The molecule has 1 fully saturated rings. The first-order valence-electron chi connectivity index (χ1n) is 9.15. The Kier molecular flexibility index (Phi) is 5.70. The highest BCUT2D eigenvalue weighted by atomic mass is 35.5. The fourth-order valence-corrected chi connectivity index (χ4v) is 4.34. The summed E-state index contributed by atoms with van der Waals surface area (Å²) in [5, 5.41) is 2.02. The molecule has 1 aliphatic heterocycles. The van der Waals surface area contributed by atoms with Crippen LogP contribution in [0.5, 0.6) is 11.5 Å². The maximum atomic E-state index is 13.0. The van der Waals surface area contributed by atoms with Crippen LogP contribution in [0.3, 0.4) is 0 Å². The minimum Gasteiger partial charge on any atom is -0.497 e. The zero-order chi connectivity index (χ0) is 21.3. The second kappa shape index (κ2) is 8.42. The van der Waals surface area contributed by atoms with Crippen LogP contribution in [0.2, 0.25) is 5.02 Å². The molecule has 3 aromatic carbocycles. The van der Waals surface area contributed by atoms with E-state index in [0.717, 1.165) is 33.7 Å². The van der Waals surface area contributed by atoms with E-state index in [1.807, 2.05) is 36.4 Å². The van der Waals surface area contributed by atoms with Crippen molar-refractivity contribution in [3.05, 3.63) is 75.7 Å². The van der Waals surface area contributed by atoms with Crippen LogP contribution in [0.4, 0.5) is 4.79 Å². The molecule has 1 saturated heterocycles. The number of halogens is 1. The average molecular weight is 440 g/mol. The largest absolute Gasteiger partial charge is 0.497 e. The number of benzene rings is 3. The lowest BCUT2D eigenvalue weighted by atomic mass is 10.0. The Hall–Kier alpha value is -2.96. The number of imide groups is 1. The summed E-state index contributed by atoms with van der Waals surface area (Å²) < 4.78 is 10.9. The fraction of sp³-hybridized carbons (Fsp3) is 0.130. The molecule has 4 rings (SSSR count). The predicted octanol–water partition coefficient (Wildman–Crippen LogP) is 5.75. The Balaban J connectivity index is 1.75. The van der Waals surface area contributed by atoms with E-state index in [1.54, 1.807) is 38.5 Å². The number of thioether (sulfide) groups is 1. The second-order valence-corrected chi connectivity index (χ2v) is 8.03. The summed E-state index contributed by atoms with van der Waals surface area (Å²) in [4.78, 5) is 27.1. The van der Waals surface area contributed by atoms with Crippen molar-refractivity contribution >= 4 is 51.4 Å². The van der Waals surface area contributed by atoms with E-state index in [0.29, 0.717) is 21.4 Å². The zero-order valence-corrected chi connectivity index (χ0v) is 17.9. The normalized spacial score (nSPS) is 15.3. The molecular weight excluding hydrogens is 422 g/mol. The smallest absolute Gasteiger partial charge is 0.293 e. The van der Waals surface area contributed by atoms with E-state index in [-0.39, 0.29) is 17.7 Å². The number of hydrogen-bond donors (Lipinski definition) is 0. The van der Waals surface area contributed by atoms with E-state index >= 15 is 0 Å². The number of methoxy groups -OCH3 is 2. The van der Waals surface area contributed by atoms with Gasteiger partial charge in [0.2, 0.25) is 0 Å². The molecule has 3 aromatic rings. The van der Waals surface area contributed by atoms with Crippen molar-refractivity contribution in [1.29, 1.82) is 0 Å². The Bertz CT molecular complexity index is 1190. The Morgan fingerprint density at radius 3 is 2.53 bits per heavy atom. The lowest BCUT2D eigenvalue weighted by Crippen LogP contribution is -2.27. The number of carbonyl (C=O) groups is 2. The third kappa shape index (κ3) is 3.76. The number of hydrogen-bond acceptors (Lipinski definition) is 5. The zero-order valence-electron chi connectivity index (χ0n) is 16.3. The van der Waals surface area contributed by atoms with Crippen LogP contribution in [0, 0.1) is 0 Å². The summed E-state index contributed by atoms with van der Waals surface area (Å²) in [6, 6.07) is 16.6. The molecule has 0 aliphatic carbocycles. The van der Waals surface area contributed by atoms with Crippen LogP contribution in [0.1, 0.15) is 11.1 Å². The van der Waals surface area contributed by atoms with Crippen molar-refractivity contribution in [3.63, 3.8) is 0 Å². The molecule has 0 bridgehead atoms. The Morgan fingerprint density at radius 1 is 1.03 bits per heavy atom. The third-order valence-electron chi connectivity index (χ3n) is 4.89. The molecule has 0 aromatic heterocycles. The van der Waals surface area contributed by atoms with Crippen molar-refractivity contribution in [2.24, 2.45) is 0 Å². The van der Waals surface area contributed by atoms with Gasteiger partial charge in [0.1, 0.15) is 11.5 Å². The lowest BCUT2D eigenvalue weighted by Gasteiger charge is -2.13. The van der Waals surface area contributed by atoms with Gasteiger partial charge in [0, 0.05) is 10.6 Å². The Morgan fingerprint density at radius 2 is 1.80 bits per heavy atom. The van der Waals surface area contributed by atoms with Gasteiger partial charge in [-0.15, -0.1) is 0 Å². The molecule has 0 N–H and O–H groups in total. The molecule has 7 heteroatoms. The van der Waals surface area contributed by atoms with Crippen molar-refractivity contribution in [1.82, 2.24) is 4.90 Å². The van der Waals surface area contributed by atoms with Crippen molar-refractivity contribution < 1.29 is 19.1 Å². The van der Waals surface area contributed by atoms with Gasteiger partial charge in [0.05, 0.1) is 25.7 Å². The van der Waals surface area contributed by atoms with Crippen LogP contribution in [-0.2, 0) is 11.3 Å². The maximum absolute atomic E-state index is 13.0. The van der Waals surface area contributed by atoms with E-state index < -0.39 is 0 Å². The first kappa shape index (κ1) is 20.3. The molecule has 2 amide bonds. The summed E-state index contributed by atoms with van der Waals surface area (Å²) in [7, 11) is 3.17. The number of rotatable bonds is 5. The van der Waals surface area contributed by atoms with Crippen molar-refractivity contribution in [2.45, 2.75) is 6.54 Å². The van der Waals surface area contributed by atoms with Crippen molar-refractivity contribution in [3.8, 4) is 11.5 Å². The van der Waals surface area contributed by atoms with E-state index in [4.69, 9.17) is 21.1 Å². The summed E-state index contributed by atoms with van der Waals surface area (Å²) >= 11 is 7.11. The molecule has 0 radical (unpaired) electrons. The van der Waals surface area contributed by atoms with Gasteiger partial charge in [0.25, 0.3) is 11.1 Å². The first-order valence-corrected chi connectivity index (χ1v) is 10.3. The Labute approximate surface area is 183 Å². The van der Waals surface area contributed by atoms with Gasteiger partial charge in [0.15, 0.2) is 0 Å². The standard InChI is InChI=1S/C23H18ClNO4S/c1-28-16-9-7-14-8-10-20(29-2)18(17(14)11-16)12-21-22(26)25(23(27)30-21)13-15-5-3-4-6-19(15)24/h3-12H,13H2,1-2H3. The minimum absolute atomic E-state index is 0.127.